The van der Waals surface area contributed by atoms with Gasteiger partial charge in [-0.3, -0.25) is 14.6 Å². The van der Waals surface area contributed by atoms with E-state index < -0.39 is 5.41 Å². The van der Waals surface area contributed by atoms with Crippen molar-refractivity contribution in [3.63, 3.8) is 0 Å². The van der Waals surface area contributed by atoms with Gasteiger partial charge in [-0.25, -0.2) is 4.98 Å². The molecule has 0 N–H and O–H groups in total. The highest BCUT2D eigenvalue weighted by molar-refractivity contribution is 5.95. The molecule has 1 unspecified atom stereocenters. The third kappa shape index (κ3) is 2.82. The van der Waals surface area contributed by atoms with Crippen LogP contribution in [0, 0.1) is 5.41 Å². The Hall–Kier alpha value is -2.54. The minimum absolute atomic E-state index is 0.148. The number of nitrogens with zero attached hydrogens (tertiary/aromatic N) is 4. The molecule has 1 aromatic carbocycles. The summed E-state index contributed by atoms with van der Waals surface area (Å²) in [5.74, 6) is -0.00212. The van der Waals surface area contributed by atoms with E-state index in [0.717, 1.165) is 18.5 Å². The van der Waals surface area contributed by atoms with Crippen molar-refractivity contribution in [1.82, 2.24) is 19.8 Å². The maximum atomic E-state index is 12.9. The number of fused-ring (bicyclic) bond motifs is 1. The van der Waals surface area contributed by atoms with Gasteiger partial charge in [-0.15, -0.1) is 0 Å². The number of aromatic nitrogens is 2. The molecule has 2 amide bonds. The normalized spacial score (nSPS) is 22.7. The molecule has 2 aliphatic rings. The Balaban J connectivity index is 1.49. The molecule has 4 rings (SSSR count). The maximum Gasteiger partial charge on any atom is 0.274 e. The molecule has 2 aliphatic heterocycles. The van der Waals surface area contributed by atoms with Crippen LogP contribution in [0.15, 0.2) is 30.5 Å². The van der Waals surface area contributed by atoms with Crippen molar-refractivity contribution in [2.45, 2.75) is 12.8 Å². The summed E-state index contributed by atoms with van der Waals surface area (Å²) in [6.45, 7) is 2.93. The number of para-hydroxylation sites is 2. The lowest BCUT2D eigenvalue weighted by Gasteiger charge is -2.23. The Kier molecular flexibility index (Phi) is 4.32. The van der Waals surface area contributed by atoms with Gasteiger partial charge in [-0.05, 0) is 25.0 Å². The Morgan fingerprint density at radius 2 is 2.00 bits per heavy atom. The van der Waals surface area contributed by atoms with E-state index in [0.29, 0.717) is 43.9 Å². The molecule has 0 radical (unpaired) electrons. The van der Waals surface area contributed by atoms with Crippen LogP contribution in [-0.2, 0) is 9.53 Å². The first-order valence-electron chi connectivity index (χ1n) is 8.92. The van der Waals surface area contributed by atoms with Gasteiger partial charge in [0.1, 0.15) is 5.69 Å². The molecule has 7 nitrogen and oxygen atoms in total. The molecule has 1 spiro atoms. The van der Waals surface area contributed by atoms with E-state index in [-0.39, 0.29) is 11.8 Å². The third-order valence-electron chi connectivity index (χ3n) is 5.48. The number of carbonyl (C=O) groups is 2. The van der Waals surface area contributed by atoms with Crippen LogP contribution in [0.2, 0.25) is 0 Å². The Morgan fingerprint density at radius 1 is 1.23 bits per heavy atom. The zero-order valence-electron chi connectivity index (χ0n) is 14.9. The molecule has 1 atom stereocenters. The lowest BCUT2D eigenvalue weighted by molar-refractivity contribution is -0.135. The van der Waals surface area contributed by atoms with Crippen molar-refractivity contribution in [2.24, 2.45) is 5.41 Å². The fraction of sp³-hybridized carbons (Fsp3) is 0.474. The summed E-state index contributed by atoms with van der Waals surface area (Å²) in [4.78, 5) is 38.1. The van der Waals surface area contributed by atoms with Crippen molar-refractivity contribution in [1.29, 1.82) is 0 Å². The molecule has 2 aromatic rings. The van der Waals surface area contributed by atoms with Crippen molar-refractivity contribution >= 4 is 22.8 Å². The Morgan fingerprint density at radius 3 is 2.81 bits per heavy atom. The predicted octanol–water partition coefficient (Wildman–Crippen LogP) is 1.34. The molecule has 136 valence electrons. The number of rotatable bonds is 4. The quantitative estimate of drug-likeness (QED) is 0.828. The lowest BCUT2D eigenvalue weighted by atomic mass is 9.85. The van der Waals surface area contributed by atoms with Crippen LogP contribution in [0.5, 0.6) is 0 Å². The van der Waals surface area contributed by atoms with Gasteiger partial charge < -0.3 is 14.5 Å². The monoisotopic (exact) mass is 354 g/mol. The van der Waals surface area contributed by atoms with Gasteiger partial charge in [-0.1, -0.05) is 12.1 Å². The lowest BCUT2D eigenvalue weighted by Crippen LogP contribution is -2.39. The van der Waals surface area contributed by atoms with E-state index in [1.807, 2.05) is 29.2 Å². The molecule has 2 fully saturated rings. The third-order valence-corrected chi connectivity index (χ3v) is 5.48. The SMILES string of the molecule is COCCN1CCC2(CCN(C(=O)c3cnc4ccccc4n3)C2)C1=O. The van der Waals surface area contributed by atoms with Gasteiger partial charge in [0.2, 0.25) is 5.91 Å². The van der Waals surface area contributed by atoms with Crippen molar-refractivity contribution in [3.05, 3.63) is 36.2 Å². The van der Waals surface area contributed by atoms with Gasteiger partial charge >= 0.3 is 0 Å². The number of amides is 2. The summed E-state index contributed by atoms with van der Waals surface area (Å²) in [7, 11) is 1.64. The summed E-state index contributed by atoms with van der Waals surface area (Å²) >= 11 is 0. The first kappa shape index (κ1) is 16.9. The molecule has 2 saturated heterocycles. The largest absolute Gasteiger partial charge is 0.383 e. The molecule has 26 heavy (non-hydrogen) atoms. The summed E-state index contributed by atoms with van der Waals surface area (Å²) in [6, 6.07) is 7.48. The Bertz CT molecular complexity index is 856. The van der Waals surface area contributed by atoms with Gasteiger partial charge in [0.25, 0.3) is 5.91 Å². The van der Waals surface area contributed by atoms with Crippen molar-refractivity contribution in [2.75, 3.05) is 39.9 Å². The fourth-order valence-electron chi connectivity index (χ4n) is 3.95. The molecule has 0 saturated carbocycles. The zero-order chi connectivity index (χ0) is 18.1. The second kappa shape index (κ2) is 6.64. The van der Waals surface area contributed by atoms with Gasteiger partial charge in [0.05, 0.1) is 29.3 Å². The van der Waals surface area contributed by atoms with Gasteiger partial charge in [0.15, 0.2) is 0 Å². The molecular weight excluding hydrogens is 332 g/mol. The van der Waals surface area contributed by atoms with Crippen LogP contribution in [0.4, 0.5) is 0 Å². The average Bonchev–Trinajstić information content (AvgIpc) is 3.24. The standard InChI is InChI=1S/C19H22N4O3/c1-26-11-10-22-8-6-19(18(22)25)7-9-23(13-19)17(24)16-12-20-14-4-2-3-5-15(14)21-16/h2-5,12H,6-11,13H2,1H3. The molecule has 3 heterocycles. The molecule has 0 aliphatic carbocycles. The van der Waals surface area contributed by atoms with Gasteiger partial charge in [-0.2, -0.15) is 0 Å². The topological polar surface area (TPSA) is 75.6 Å². The predicted molar refractivity (Wildman–Crippen MR) is 95.6 cm³/mol. The summed E-state index contributed by atoms with van der Waals surface area (Å²) in [5.41, 5.74) is 1.37. The number of benzene rings is 1. The van der Waals surface area contributed by atoms with Crippen LogP contribution < -0.4 is 0 Å². The van der Waals surface area contributed by atoms with E-state index in [9.17, 15) is 9.59 Å². The highest BCUT2D eigenvalue weighted by Crippen LogP contribution is 2.40. The summed E-state index contributed by atoms with van der Waals surface area (Å²) < 4.78 is 5.08. The molecular formula is C19H22N4O3. The van der Waals surface area contributed by atoms with Crippen LogP contribution in [0.3, 0.4) is 0 Å². The zero-order valence-corrected chi connectivity index (χ0v) is 14.9. The van der Waals surface area contributed by atoms with Crippen LogP contribution >= 0.6 is 0 Å². The summed E-state index contributed by atoms with van der Waals surface area (Å²) in [6.07, 6.45) is 3.03. The second-order valence-electron chi connectivity index (χ2n) is 7.04. The average molecular weight is 354 g/mol. The Labute approximate surface area is 152 Å². The van der Waals surface area contributed by atoms with E-state index in [1.165, 1.54) is 6.20 Å². The highest BCUT2D eigenvalue weighted by Gasteiger charge is 2.51. The number of carbonyl (C=O) groups excluding carboxylic acids is 2. The number of likely N-dealkylation sites (tertiary alicyclic amines) is 2. The number of hydrogen-bond acceptors (Lipinski definition) is 5. The highest BCUT2D eigenvalue weighted by atomic mass is 16.5. The first-order valence-corrected chi connectivity index (χ1v) is 8.92. The van der Waals surface area contributed by atoms with Crippen LogP contribution in [0.25, 0.3) is 11.0 Å². The second-order valence-corrected chi connectivity index (χ2v) is 7.04. The van der Waals surface area contributed by atoms with E-state index in [4.69, 9.17) is 4.74 Å². The fourth-order valence-corrected chi connectivity index (χ4v) is 3.95. The number of ether oxygens (including phenoxy) is 1. The minimum Gasteiger partial charge on any atom is -0.383 e. The molecule has 1 aromatic heterocycles. The van der Waals surface area contributed by atoms with E-state index >= 15 is 0 Å². The maximum absolute atomic E-state index is 12.9. The van der Waals surface area contributed by atoms with E-state index in [1.54, 1.807) is 12.0 Å². The first-order chi connectivity index (χ1) is 12.6. The van der Waals surface area contributed by atoms with Gasteiger partial charge in [0, 0.05) is 33.3 Å². The number of methoxy groups -OCH3 is 1. The van der Waals surface area contributed by atoms with Crippen molar-refractivity contribution < 1.29 is 14.3 Å². The molecule has 0 bridgehead atoms. The van der Waals surface area contributed by atoms with E-state index in [2.05, 4.69) is 9.97 Å². The molecule has 7 heteroatoms. The number of hydrogen-bond donors (Lipinski definition) is 0. The van der Waals surface area contributed by atoms with Crippen LogP contribution in [0.1, 0.15) is 23.3 Å². The smallest absolute Gasteiger partial charge is 0.274 e. The minimum atomic E-state index is -0.437. The van der Waals surface area contributed by atoms with Crippen LogP contribution in [-0.4, -0.2) is 71.5 Å². The summed E-state index contributed by atoms with van der Waals surface area (Å²) in [5, 5.41) is 0. The van der Waals surface area contributed by atoms with Crippen molar-refractivity contribution in [3.8, 4) is 0 Å².